The number of hydrogen-bond donors (Lipinski definition) is 2. The van der Waals surface area contributed by atoms with Gasteiger partial charge in [0.05, 0.1) is 11.5 Å². The maximum Gasteiger partial charge on any atom is 0.152 e. The van der Waals surface area contributed by atoms with Crippen molar-refractivity contribution in [3.05, 3.63) is 11.9 Å². The molecule has 0 radical (unpaired) electrons. The zero-order valence-corrected chi connectivity index (χ0v) is 13.6. The lowest BCUT2D eigenvalue weighted by atomic mass is 9.96. The minimum atomic E-state index is -2.94. The molecule has 1 aliphatic rings. The molecule has 0 saturated carbocycles. The van der Waals surface area contributed by atoms with E-state index >= 15 is 0 Å². The lowest BCUT2D eigenvalue weighted by Gasteiger charge is -2.24. The van der Waals surface area contributed by atoms with Crippen LogP contribution in [0.2, 0.25) is 0 Å². The monoisotopic (exact) mass is 313 g/mol. The van der Waals surface area contributed by atoms with Gasteiger partial charge in [-0.15, -0.1) is 0 Å². The second-order valence-electron chi connectivity index (χ2n) is 6.32. The van der Waals surface area contributed by atoms with Crippen LogP contribution in [0.1, 0.15) is 33.0 Å². The molecule has 0 aromatic carbocycles. The van der Waals surface area contributed by atoms with Crippen molar-refractivity contribution in [1.29, 1.82) is 0 Å². The number of aromatic nitrogens is 2. The number of nitrogen functional groups attached to an aromatic ring is 1. The molecule has 118 valence electrons. The van der Waals surface area contributed by atoms with Gasteiger partial charge in [-0.25, -0.2) is 24.2 Å². The van der Waals surface area contributed by atoms with Crippen LogP contribution in [0.25, 0.3) is 0 Å². The molecular weight excluding hydrogens is 290 g/mol. The number of hydrazine groups is 1. The van der Waals surface area contributed by atoms with Gasteiger partial charge in [0.1, 0.15) is 17.5 Å². The van der Waals surface area contributed by atoms with E-state index in [1.54, 1.807) is 6.07 Å². The van der Waals surface area contributed by atoms with Crippen molar-refractivity contribution in [2.45, 2.75) is 32.6 Å². The fourth-order valence-electron chi connectivity index (χ4n) is 2.17. The highest BCUT2D eigenvalue weighted by molar-refractivity contribution is 7.91. The number of nitrogens with zero attached hydrogens (tertiary/aromatic N) is 3. The van der Waals surface area contributed by atoms with Gasteiger partial charge in [-0.1, -0.05) is 20.8 Å². The highest BCUT2D eigenvalue weighted by Crippen LogP contribution is 2.24. The van der Waals surface area contributed by atoms with Gasteiger partial charge in [0.25, 0.3) is 0 Å². The molecule has 0 unspecified atom stereocenters. The van der Waals surface area contributed by atoms with E-state index in [0.717, 1.165) is 5.82 Å². The summed E-state index contributed by atoms with van der Waals surface area (Å²) < 4.78 is 23.4. The first-order valence-electron chi connectivity index (χ1n) is 7.03. The highest BCUT2D eigenvalue weighted by atomic mass is 32.2. The Bertz CT molecular complexity index is 609. The molecule has 1 fully saturated rings. The molecule has 0 atom stereocenters. The average Bonchev–Trinajstić information content (AvgIpc) is 2.58. The number of nitrogens with one attached hydrogen (secondary N) is 1. The van der Waals surface area contributed by atoms with E-state index in [-0.39, 0.29) is 16.9 Å². The van der Waals surface area contributed by atoms with Crippen LogP contribution in [0.5, 0.6) is 0 Å². The molecule has 1 aromatic heterocycles. The van der Waals surface area contributed by atoms with Gasteiger partial charge >= 0.3 is 0 Å². The van der Waals surface area contributed by atoms with Crippen LogP contribution in [0, 0.1) is 0 Å². The summed E-state index contributed by atoms with van der Waals surface area (Å²) in [6, 6.07) is 1.76. The quantitative estimate of drug-likeness (QED) is 0.611. The Balaban J connectivity index is 2.34. The molecule has 8 heteroatoms. The van der Waals surface area contributed by atoms with Gasteiger partial charge in [-0.05, 0) is 6.42 Å². The normalized spacial score (nSPS) is 19.1. The molecule has 0 aliphatic carbocycles. The predicted molar refractivity (Wildman–Crippen MR) is 84.0 cm³/mol. The fourth-order valence-corrected chi connectivity index (χ4v) is 3.44. The lowest BCUT2D eigenvalue weighted by molar-refractivity contribution is 0.544. The van der Waals surface area contributed by atoms with Crippen LogP contribution in [0.4, 0.5) is 11.6 Å². The summed E-state index contributed by atoms with van der Waals surface area (Å²) in [4.78, 5) is 11.0. The Morgan fingerprint density at radius 3 is 2.57 bits per heavy atom. The van der Waals surface area contributed by atoms with Crippen LogP contribution in [-0.2, 0) is 15.3 Å². The van der Waals surface area contributed by atoms with E-state index in [9.17, 15) is 8.42 Å². The van der Waals surface area contributed by atoms with Gasteiger partial charge in [0.15, 0.2) is 9.84 Å². The van der Waals surface area contributed by atoms with E-state index < -0.39 is 9.84 Å². The molecule has 1 aromatic rings. The first-order chi connectivity index (χ1) is 9.71. The summed E-state index contributed by atoms with van der Waals surface area (Å²) >= 11 is 0. The molecule has 0 spiro atoms. The molecule has 7 nitrogen and oxygen atoms in total. The van der Waals surface area contributed by atoms with Crippen molar-refractivity contribution in [3.8, 4) is 0 Å². The first-order valence-corrected chi connectivity index (χ1v) is 8.85. The third kappa shape index (κ3) is 4.04. The Hall–Kier alpha value is -1.41. The largest absolute Gasteiger partial charge is 0.355 e. The second-order valence-corrected chi connectivity index (χ2v) is 8.63. The van der Waals surface area contributed by atoms with Gasteiger partial charge in [-0.3, -0.25) is 0 Å². The summed E-state index contributed by atoms with van der Waals surface area (Å²) in [5.41, 5.74) is 2.35. The molecule has 21 heavy (non-hydrogen) atoms. The van der Waals surface area contributed by atoms with Crippen LogP contribution in [-0.4, -0.2) is 43.0 Å². The van der Waals surface area contributed by atoms with Gasteiger partial charge < -0.3 is 10.3 Å². The van der Waals surface area contributed by atoms with Crippen molar-refractivity contribution in [1.82, 2.24) is 9.97 Å². The zero-order chi connectivity index (χ0) is 15.7. The van der Waals surface area contributed by atoms with Crippen molar-refractivity contribution >= 4 is 21.5 Å². The van der Waals surface area contributed by atoms with Gasteiger partial charge in [0, 0.05) is 24.6 Å². The summed E-state index contributed by atoms with van der Waals surface area (Å²) in [7, 11) is -2.94. The molecule has 1 aliphatic heterocycles. The van der Waals surface area contributed by atoms with Crippen molar-refractivity contribution in [3.63, 3.8) is 0 Å². The standard InChI is InChI=1S/C13H23N5O2S/c1-13(2,3)12-15-10(17-14)9-11(16-12)18-5-4-7-21(19,20)8-6-18/h9H,4-8,14H2,1-3H3,(H,15,16,17). The molecule has 0 amide bonds. The van der Waals surface area contributed by atoms with Crippen LogP contribution >= 0.6 is 0 Å². The summed E-state index contributed by atoms with van der Waals surface area (Å²) in [5, 5.41) is 0. The Labute approximate surface area is 125 Å². The highest BCUT2D eigenvalue weighted by Gasteiger charge is 2.23. The van der Waals surface area contributed by atoms with Crippen molar-refractivity contribution in [2.24, 2.45) is 5.84 Å². The number of anilines is 2. The summed E-state index contributed by atoms with van der Waals surface area (Å²) in [5.74, 6) is 7.82. The topological polar surface area (TPSA) is 101 Å². The first kappa shape index (κ1) is 16.0. The van der Waals surface area contributed by atoms with Crippen LogP contribution < -0.4 is 16.2 Å². The third-order valence-corrected chi connectivity index (χ3v) is 5.13. The van der Waals surface area contributed by atoms with E-state index in [1.165, 1.54) is 0 Å². The maximum atomic E-state index is 11.7. The Kier molecular flexibility index (Phi) is 4.38. The zero-order valence-electron chi connectivity index (χ0n) is 12.8. The summed E-state index contributed by atoms with van der Waals surface area (Å²) in [6.07, 6.45) is 0.614. The van der Waals surface area contributed by atoms with Crippen molar-refractivity contribution < 1.29 is 8.42 Å². The van der Waals surface area contributed by atoms with E-state index in [2.05, 4.69) is 15.4 Å². The van der Waals surface area contributed by atoms with E-state index in [1.807, 2.05) is 25.7 Å². The fraction of sp³-hybridized carbons (Fsp3) is 0.692. The van der Waals surface area contributed by atoms with Crippen LogP contribution in [0.3, 0.4) is 0 Å². The Morgan fingerprint density at radius 1 is 1.24 bits per heavy atom. The van der Waals surface area contributed by atoms with E-state index in [0.29, 0.717) is 31.2 Å². The van der Waals surface area contributed by atoms with Crippen molar-refractivity contribution in [2.75, 3.05) is 34.9 Å². The third-order valence-electron chi connectivity index (χ3n) is 3.41. The van der Waals surface area contributed by atoms with E-state index in [4.69, 9.17) is 5.84 Å². The number of nitrogens with two attached hydrogens (primary N) is 1. The second kappa shape index (κ2) is 5.76. The molecule has 2 heterocycles. The molecule has 2 rings (SSSR count). The predicted octanol–water partition coefficient (Wildman–Crippen LogP) is 0.685. The minimum Gasteiger partial charge on any atom is -0.355 e. The van der Waals surface area contributed by atoms with Gasteiger partial charge in [-0.2, -0.15) is 0 Å². The number of hydrogen-bond acceptors (Lipinski definition) is 7. The Morgan fingerprint density at radius 2 is 1.95 bits per heavy atom. The molecule has 3 N–H and O–H groups in total. The lowest BCUT2D eigenvalue weighted by Crippen LogP contribution is -2.29. The minimum absolute atomic E-state index is 0.160. The number of sulfone groups is 1. The smallest absolute Gasteiger partial charge is 0.152 e. The molecular formula is C13H23N5O2S. The SMILES string of the molecule is CC(C)(C)c1nc(NN)cc(N2CCCS(=O)(=O)CC2)n1. The van der Waals surface area contributed by atoms with Gasteiger partial charge in [0.2, 0.25) is 0 Å². The summed E-state index contributed by atoms with van der Waals surface area (Å²) in [6.45, 7) is 7.20. The number of rotatable bonds is 2. The van der Waals surface area contributed by atoms with Crippen LogP contribution in [0.15, 0.2) is 6.07 Å². The maximum absolute atomic E-state index is 11.7. The molecule has 0 bridgehead atoms. The molecule has 1 saturated heterocycles. The average molecular weight is 313 g/mol.